The molecule has 2 aromatic heterocycles. The van der Waals surface area contributed by atoms with Crippen LogP contribution in [0, 0.1) is 12.7 Å². The number of hydrogen-bond acceptors (Lipinski definition) is 5. The number of thioether (sulfide) groups is 1. The Balaban J connectivity index is 1.49. The van der Waals surface area contributed by atoms with E-state index in [0.717, 1.165) is 43.2 Å². The molecule has 0 fully saturated rings. The Kier molecular flexibility index (Phi) is 5.27. The molecule has 0 radical (unpaired) electrons. The lowest BCUT2D eigenvalue weighted by Gasteiger charge is -2.02. The number of thiazole rings is 1. The van der Waals surface area contributed by atoms with Crippen LogP contribution in [0.1, 0.15) is 11.3 Å². The van der Waals surface area contributed by atoms with Gasteiger partial charge in [0.2, 0.25) is 0 Å². The van der Waals surface area contributed by atoms with Crippen molar-refractivity contribution < 1.29 is 4.39 Å². The fraction of sp³-hybridized carbons (Fsp3) is 0.0952. The Morgan fingerprint density at radius 1 is 0.926 bits per heavy atom. The number of rotatable bonds is 5. The van der Waals surface area contributed by atoms with E-state index in [1.165, 1.54) is 12.1 Å². The molecule has 0 N–H and O–H groups in total. The van der Waals surface area contributed by atoms with Gasteiger partial charge < -0.3 is 0 Å². The molecule has 134 valence electrons. The molecular weight excluding hydrogens is 377 g/mol. The summed E-state index contributed by atoms with van der Waals surface area (Å²) in [5, 5.41) is 10.5. The van der Waals surface area contributed by atoms with Crippen molar-refractivity contribution in [1.29, 1.82) is 0 Å². The highest BCUT2D eigenvalue weighted by molar-refractivity contribution is 7.98. The van der Waals surface area contributed by atoms with Crippen molar-refractivity contribution in [2.24, 2.45) is 0 Å². The maximum Gasteiger partial charge on any atom is 0.124 e. The van der Waals surface area contributed by atoms with Crippen LogP contribution in [0.5, 0.6) is 0 Å². The van der Waals surface area contributed by atoms with Gasteiger partial charge >= 0.3 is 0 Å². The summed E-state index contributed by atoms with van der Waals surface area (Å²) in [5.41, 5.74) is 3.95. The molecule has 4 rings (SSSR count). The third-order valence-electron chi connectivity index (χ3n) is 3.99. The predicted molar refractivity (Wildman–Crippen MR) is 109 cm³/mol. The number of benzene rings is 2. The summed E-state index contributed by atoms with van der Waals surface area (Å²) in [5.74, 6) is 0.508. The summed E-state index contributed by atoms with van der Waals surface area (Å²) in [4.78, 5) is 5.72. The first kappa shape index (κ1) is 17.8. The Morgan fingerprint density at radius 2 is 1.70 bits per heavy atom. The highest BCUT2D eigenvalue weighted by Crippen LogP contribution is 2.34. The highest BCUT2D eigenvalue weighted by atomic mass is 32.2. The normalized spacial score (nSPS) is 10.9. The van der Waals surface area contributed by atoms with Gasteiger partial charge in [-0.1, -0.05) is 54.2 Å². The first-order valence-electron chi connectivity index (χ1n) is 8.43. The third kappa shape index (κ3) is 4.23. The molecule has 0 saturated heterocycles. The van der Waals surface area contributed by atoms with Gasteiger partial charge in [-0.05, 0) is 36.8 Å². The van der Waals surface area contributed by atoms with Crippen molar-refractivity contribution in [3.8, 4) is 21.1 Å². The summed E-state index contributed by atoms with van der Waals surface area (Å²) in [6.07, 6.45) is 0. The van der Waals surface area contributed by atoms with Crippen LogP contribution in [0.4, 0.5) is 4.39 Å². The highest BCUT2D eigenvalue weighted by Gasteiger charge is 2.13. The maximum atomic E-state index is 13.0. The van der Waals surface area contributed by atoms with Crippen LogP contribution in [0.2, 0.25) is 0 Å². The average Bonchev–Trinajstić information content (AvgIpc) is 3.10. The van der Waals surface area contributed by atoms with Gasteiger partial charge in [-0.15, -0.1) is 21.5 Å². The van der Waals surface area contributed by atoms with Crippen molar-refractivity contribution >= 4 is 23.1 Å². The molecule has 27 heavy (non-hydrogen) atoms. The summed E-state index contributed by atoms with van der Waals surface area (Å²) >= 11 is 3.21. The Labute approximate surface area is 165 Å². The first-order chi connectivity index (χ1) is 13.2. The second-order valence-electron chi connectivity index (χ2n) is 5.97. The van der Waals surface area contributed by atoms with Crippen molar-refractivity contribution in [1.82, 2.24) is 15.2 Å². The van der Waals surface area contributed by atoms with Gasteiger partial charge in [0, 0.05) is 11.3 Å². The summed E-state index contributed by atoms with van der Waals surface area (Å²) in [6.45, 7) is 2.00. The van der Waals surface area contributed by atoms with Crippen molar-refractivity contribution in [2.45, 2.75) is 17.7 Å². The van der Waals surface area contributed by atoms with E-state index in [1.54, 1.807) is 35.2 Å². The molecule has 2 heterocycles. The predicted octanol–water partition coefficient (Wildman–Crippen LogP) is 6.01. The average molecular weight is 394 g/mol. The molecule has 0 saturated carbocycles. The lowest BCUT2D eigenvalue weighted by molar-refractivity contribution is 0.627. The monoisotopic (exact) mass is 393 g/mol. The second-order valence-corrected chi connectivity index (χ2v) is 7.97. The molecule has 6 heteroatoms. The second kappa shape index (κ2) is 7.98. The summed E-state index contributed by atoms with van der Waals surface area (Å²) in [7, 11) is 0. The number of nitrogens with zero attached hydrogens (tertiary/aromatic N) is 3. The minimum atomic E-state index is -0.220. The molecule has 0 aliphatic heterocycles. The molecule has 0 aliphatic rings. The molecular formula is C21H16FN3S2. The van der Waals surface area contributed by atoms with Crippen molar-refractivity contribution in [2.75, 3.05) is 0 Å². The van der Waals surface area contributed by atoms with Gasteiger partial charge in [-0.25, -0.2) is 9.37 Å². The van der Waals surface area contributed by atoms with E-state index in [-0.39, 0.29) is 5.82 Å². The van der Waals surface area contributed by atoms with E-state index in [4.69, 9.17) is 0 Å². The van der Waals surface area contributed by atoms with Gasteiger partial charge in [0.1, 0.15) is 21.5 Å². The van der Waals surface area contributed by atoms with Gasteiger partial charge in [-0.3, -0.25) is 0 Å². The van der Waals surface area contributed by atoms with Crippen LogP contribution in [-0.2, 0) is 5.75 Å². The SMILES string of the molecule is Cc1nc(-c2ccccc2)sc1-c1ccc(SCc2ccc(F)cc2)nn1. The molecule has 3 nitrogen and oxygen atoms in total. The quantitative estimate of drug-likeness (QED) is 0.389. The Morgan fingerprint density at radius 3 is 2.41 bits per heavy atom. The standard InChI is InChI=1S/C21H16FN3S2/c1-14-20(27-21(23-14)16-5-3-2-4-6-16)18-11-12-19(25-24-18)26-13-15-7-9-17(22)10-8-15/h2-12H,13H2,1H3. The Hall–Kier alpha value is -2.57. The smallest absolute Gasteiger partial charge is 0.124 e. The fourth-order valence-electron chi connectivity index (χ4n) is 2.59. The van der Waals surface area contributed by atoms with Gasteiger partial charge in [-0.2, -0.15) is 0 Å². The maximum absolute atomic E-state index is 13.0. The van der Waals surface area contributed by atoms with E-state index in [9.17, 15) is 4.39 Å². The molecule has 0 atom stereocenters. The van der Waals surface area contributed by atoms with E-state index in [2.05, 4.69) is 27.3 Å². The lowest BCUT2D eigenvalue weighted by Crippen LogP contribution is -1.90. The number of aryl methyl sites for hydroxylation is 1. The molecule has 0 unspecified atom stereocenters. The minimum Gasteiger partial charge on any atom is -0.241 e. The van der Waals surface area contributed by atoms with Crippen LogP contribution in [-0.4, -0.2) is 15.2 Å². The fourth-order valence-corrected chi connectivity index (χ4v) is 4.40. The molecule has 0 amide bonds. The van der Waals surface area contributed by atoms with Gasteiger partial charge in [0.15, 0.2) is 0 Å². The Bertz CT molecular complexity index is 1030. The van der Waals surface area contributed by atoms with Gasteiger partial charge in [0.25, 0.3) is 0 Å². The van der Waals surface area contributed by atoms with Crippen LogP contribution < -0.4 is 0 Å². The van der Waals surface area contributed by atoms with E-state index in [0.29, 0.717) is 0 Å². The molecule has 4 aromatic rings. The zero-order valence-electron chi connectivity index (χ0n) is 14.6. The molecule has 2 aromatic carbocycles. The van der Waals surface area contributed by atoms with Crippen LogP contribution in [0.3, 0.4) is 0 Å². The number of hydrogen-bond donors (Lipinski definition) is 0. The minimum absolute atomic E-state index is 0.220. The van der Waals surface area contributed by atoms with E-state index in [1.807, 2.05) is 37.3 Å². The molecule has 0 bridgehead atoms. The number of halogens is 1. The van der Waals surface area contributed by atoms with Crippen LogP contribution in [0.15, 0.2) is 71.8 Å². The zero-order chi connectivity index (χ0) is 18.6. The third-order valence-corrected chi connectivity index (χ3v) is 6.21. The van der Waals surface area contributed by atoms with Crippen molar-refractivity contribution in [3.63, 3.8) is 0 Å². The van der Waals surface area contributed by atoms with Crippen molar-refractivity contribution in [3.05, 3.63) is 83.8 Å². The van der Waals surface area contributed by atoms with Crippen LogP contribution in [0.25, 0.3) is 21.1 Å². The van der Waals surface area contributed by atoms with Crippen LogP contribution >= 0.6 is 23.1 Å². The van der Waals surface area contributed by atoms with E-state index >= 15 is 0 Å². The molecule has 0 spiro atoms. The summed E-state index contributed by atoms with van der Waals surface area (Å²) in [6, 6.07) is 20.6. The number of aromatic nitrogens is 3. The topological polar surface area (TPSA) is 38.7 Å². The van der Waals surface area contributed by atoms with E-state index < -0.39 is 0 Å². The first-order valence-corrected chi connectivity index (χ1v) is 10.2. The molecule has 0 aliphatic carbocycles. The lowest BCUT2D eigenvalue weighted by atomic mass is 10.2. The zero-order valence-corrected chi connectivity index (χ0v) is 16.2. The largest absolute Gasteiger partial charge is 0.241 e. The summed E-state index contributed by atoms with van der Waals surface area (Å²) < 4.78 is 13.0. The van der Waals surface area contributed by atoms with Gasteiger partial charge in [0.05, 0.1) is 10.6 Å².